The van der Waals surface area contributed by atoms with Gasteiger partial charge in [0.15, 0.2) is 0 Å². The largest absolute Gasteiger partial charge is 0.508 e. The van der Waals surface area contributed by atoms with Crippen LogP contribution in [0.15, 0.2) is 78.9 Å². The molecule has 0 aromatic heterocycles. The quantitative estimate of drug-likeness (QED) is 0.320. The first-order valence-corrected chi connectivity index (χ1v) is 10.3. The topological polar surface area (TPSA) is 73.2 Å². The lowest BCUT2D eigenvalue weighted by Gasteiger charge is -2.26. The highest BCUT2D eigenvalue weighted by Gasteiger charge is 2.16. The number of hydrogen-bond acceptors (Lipinski definition) is 5. The van der Waals surface area contributed by atoms with Gasteiger partial charge in [-0.05, 0) is 79.9 Å². The lowest BCUT2D eigenvalue weighted by atomic mass is 10.1. The maximum absolute atomic E-state index is 10.3. The molecular formula is C27H25NO4. The zero-order valence-corrected chi connectivity index (χ0v) is 18.2. The summed E-state index contributed by atoms with van der Waals surface area (Å²) in [6.07, 6.45) is 0. The predicted molar refractivity (Wildman–Crippen MR) is 127 cm³/mol. The Hall–Kier alpha value is -4.12. The molecule has 4 aromatic carbocycles. The molecule has 0 aliphatic heterocycles. The van der Waals surface area contributed by atoms with Crippen molar-refractivity contribution in [3.8, 4) is 28.7 Å². The molecule has 0 saturated heterocycles. The van der Waals surface area contributed by atoms with Gasteiger partial charge in [-0.1, -0.05) is 18.2 Å². The van der Waals surface area contributed by atoms with Crippen LogP contribution in [0.4, 0.5) is 17.1 Å². The summed E-state index contributed by atoms with van der Waals surface area (Å²) in [5.74, 6) is 1.83. The van der Waals surface area contributed by atoms with E-state index in [1.54, 1.807) is 30.3 Å². The second-order valence-corrected chi connectivity index (χ2v) is 7.82. The van der Waals surface area contributed by atoms with Gasteiger partial charge in [0.1, 0.15) is 28.7 Å². The van der Waals surface area contributed by atoms with Crippen molar-refractivity contribution in [1.82, 2.24) is 0 Å². The molecule has 0 fully saturated rings. The number of nitrogens with zero attached hydrogens (tertiary/aromatic N) is 1. The van der Waals surface area contributed by atoms with Crippen LogP contribution < -0.4 is 9.64 Å². The lowest BCUT2D eigenvalue weighted by Crippen LogP contribution is -2.10. The molecule has 32 heavy (non-hydrogen) atoms. The van der Waals surface area contributed by atoms with E-state index in [1.165, 1.54) is 0 Å². The molecule has 162 valence electrons. The van der Waals surface area contributed by atoms with Crippen LogP contribution in [0, 0.1) is 20.8 Å². The summed E-state index contributed by atoms with van der Waals surface area (Å²) in [4.78, 5) is 1.94. The van der Waals surface area contributed by atoms with E-state index in [9.17, 15) is 15.3 Å². The standard InChI is InChI=1S/C27H25NO4/c1-17-7-9-21(15-26(17)30)28(22-10-8-18(2)27(31)16-22)20-5-4-6-23(14-20)32-24-11-12-25(29)19(3)13-24/h4-16,29-31H,1-3H3. The van der Waals surface area contributed by atoms with E-state index < -0.39 is 0 Å². The smallest absolute Gasteiger partial charge is 0.129 e. The molecule has 5 nitrogen and oxygen atoms in total. The van der Waals surface area contributed by atoms with Crippen LogP contribution in [0.5, 0.6) is 28.7 Å². The molecule has 0 radical (unpaired) electrons. The summed E-state index contributed by atoms with van der Waals surface area (Å²) in [5.41, 5.74) is 4.57. The SMILES string of the molecule is Cc1cc(Oc2cccc(N(c3ccc(C)c(O)c3)c3ccc(C)c(O)c3)c2)ccc1O. The molecule has 3 N–H and O–H groups in total. The first-order chi connectivity index (χ1) is 15.3. The van der Waals surface area contributed by atoms with Gasteiger partial charge in [-0.3, -0.25) is 0 Å². The summed E-state index contributed by atoms with van der Waals surface area (Å²) in [6.45, 7) is 5.50. The Morgan fingerprint density at radius 3 is 1.66 bits per heavy atom. The molecule has 0 heterocycles. The Morgan fingerprint density at radius 2 is 1.09 bits per heavy atom. The number of aryl methyl sites for hydroxylation is 3. The van der Waals surface area contributed by atoms with Gasteiger partial charge in [0.25, 0.3) is 0 Å². The summed E-state index contributed by atoms with van der Waals surface area (Å²) >= 11 is 0. The summed E-state index contributed by atoms with van der Waals surface area (Å²) < 4.78 is 6.03. The number of phenols is 3. The number of ether oxygens (including phenoxy) is 1. The second kappa shape index (κ2) is 8.55. The normalized spacial score (nSPS) is 10.7. The first-order valence-electron chi connectivity index (χ1n) is 10.3. The molecule has 0 spiro atoms. The van der Waals surface area contributed by atoms with Crippen molar-refractivity contribution in [1.29, 1.82) is 0 Å². The Morgan fingerprint density at radius 1 is 0.531 bits per heavy atom. The minimum Gasteiger partial charge on any atom is -0.508 e. The number of hydrogen-bond donors (Lipinski definition) is 3. The van der Waals surface area contributed by atoms with Gasteiger partial charge in [-0.15, -0.1) is 0 Å². The third kappa shape index (κ3) is 4.32. The van der Waals surface area contributed by atoms with Crippen molar-refractivity contribution in [2.45, 2.75) is 20.8 Å². The van der Waals surface area contributed by atoms with Gasteiger partial charge >= 0.3 is 0 Å². The van der Waals surface area contributed by atoms with E-state index in [0.717, 1.165) is 33.8 Å². The molecule has 4 rings (SSSR count). The minimum atomic E-state index is 0.191. The van der Waals surface area contributed by atoms with Crippen molar-refractivity contribution < 1.29 is 20.1 Å². The van der Waals surface area contributed by atoms with Crippen molar-refractivity contribution in [3.05, 3.63) is 95.6 Å². The highest BCUT2D eigenvalue weighted by molar-refractivity contribution is 5.79. The average molecular weight is 428 g/mol. The van der Waals surface area contributed by atoms with Gasteiger partial charge in [-0.2, -0.15) is 0 Å². The molecule has 0 saturated carbocycles. The maximum atomic E-state index is 10.3. The molecular weight excluding hydrogens is 402 g/mol. The molecule has 0 aliphatic carbocycles. The molecule has 0 unspecified atom stereocenters. The van der Waals surface area contributed by atoms with Gasteiger partial charge in [0.2, 0.25) is 0 Å². The number of phenolic OH excluding ortho intramolecular Hbond substituents is 3. The third-order valence-corrected chi connectivity index (χ3v) is 5.38. The summed E-state index contributed by atoms with van der Waals surface area (Å²) in [5, 5.41) is 30.4. The van der Waals surface area contributed by atoms with Crippen molar-refractivity contribution in [2.75, 3.05) is 4.90 Å². The zero-order valence-electron chi connectivity index (χ0n) is 18.2. The van der Waals surface area contributed by atoms with Crippen LogP contribution in [-0.4, -0.2) is 15.3 Å². The predicted octanol–water partition coefficient (Wildman–Crippen LogP) is 6.99. The Bertz CT molecular complexity index is 1230. The fraction of sp³-hybridized carbons (Fsp3) is 0.111. The Kier molecular flexibility index (Phi) is 5.65. The van der Waals surface area contributed by atoms with Gasteiger partial charge < -0.3 is 25.0 Å². The van der Waals surface area contributed by atoms with Crippen LogP contribution in [-0.2, 0) is 0 Å². The Balaban J connectivity index is 1.78. The minimum absolute atomic E-state index is 0.191. The second-order valence-electron chi connectivity index (χ2n) is 7.82. The fourth-order valence-electron chi connectivity index (χ4n) is 3.43. The number of rotatable bonds is 5. The highest BCUT2D eigenvalue weighted by atomic mass is 16.5. The number of aromatic hydroxyl groups is 3. The van der Waals surface area contributed by atoms with E-state index in [-0.39, 0.29) is 17.2 Å². The molecule has 5 heteroatoms. The van der Waals surface area contributed by atoms with E-state index >= 15 is 0 Å². The average Bonchev–Trinajstić information content (AvgIpc) is 2.76. The van der Waals surface area contributed by atoms with Crippen LogP contribution in [0.1, 0.15) is 16.7 Å². The first kappa shape index (κ1) is 21.1. The van der Waals surface area contributed by atoms with Gasteiger partial charge in [0, 0.05) is 35.3 Å². The lowest BCUT2D eigenvalue weighted by molar-refractivity contribution is 0.460. The molecule has 0 atom stereocenters. The fourth-order valence-corrected chi connectivity index (χ4v) is 3.43. The van der Waals surface area contributed by atoms with Gasteiger partial charge in [0.05, 0.1) is 0 Å². The molecule has 0 bridgehead atoms. The van der Waals surface area contributed by atoms with Crippen molar-refractivity contribution >= 4 is 17.1 Å². The van der Waals surface area contributed by atoms with E-state index in [0.29, 0.717) is 11.5 Å². The number of anilines is 3. The Labute approximate surface area is 187 Å². The monoisotopic (exact) mass is 427 g/mol. The maximum Gasteiger partial charge on any atom is 0.129 e. The number of benzene rings is 4. The van der Waals surface area contributed by atoms with E-state index in [2.05, 4.69) is 0 Å². The van der Waals surface area contributed by atoms with Crippen LogP contribution in [0.25, 0.3) is 0 Å². The van der Waals surface area contributed by atoms with Crippen LogP contribution in [0.3, 0.4) is 0 Å². The third-order valence-electron chi connectivity index (χ3n) is 5.38. The highest BCUT2D eigenvalue weighted by Crippen LogP contribution is 2.40. The summed E-state index contributed by atoms with van der Waals surface area (Å²) in [6, 6.07) is 23.6. The van der Waals surface area contributed by atoms with Crippen molar-refractivity contribution in [3.63, 3.8) is 0 Å². The zero-order chi connectivity index (χ0) is 22.8. The van der Waals surface area contributed by atoms with Gasteiger partial charge in [-0.25, -0.2) is 0 Å². The van der Waals surface area contributed by atoms with Crippen molar-refractivity contribution in [2.24, 2.45) is 0 Å². The molecule has 4 aromatic rings. The molecule has 0 amide bonds. The van der Waals surface area contributed by atoms with E-state index in [4.69, 9.17) is 4.74 Å². The van der Waals surface area contributed by atoms with Crippen LogP contribution in [0.2, 0.25) is 0 Å². The van der Waals surface area contributed by atoms with Crippen LogP contribution >= 0.6 is 0 Å². The van der Waals surface area contributed by atoms with E-state index in [1.807, 2.05) is 74.2 Å². The summed E-state index contributed by atoms with van der Waals surface area (Å²) in [7, 11) is 0. The molecule has 0 aliphatic rings.